The molecule has 2 N–H and O–H groups in total. The van der Waals surface area contributed by atoms with Gasteiger partial charge in [-0.3, -0.25) is 4.90 Å². The van der Waals surface area contributed by atoms with Crippen molar-refractivity contribution in [1.82, 2.24) is 4.90 Å². The van der Waals surface area contributed by atoms with E-state index < -0.39 is 0 Å². The summed E-state index contributed by atoms with van der Waals surface area (Å²) in [6, 6.07) is 6.92. The molecular weight excluding hydrogens is 252 g/mol. The summed E-state index contributed by atoms with van der Waals surface area (Å²) in [5.74, 6) is 1.59. The normalized spacial score (nSPS) is 16.2. The van der Waals surface area contributed by atoms with Gasteiger partial charge in [0.1, 0.15) is 0 Å². The van der Waals surface area contributed by atoms with Crippen LogP contribution in [0.2, 0.25) is 0 Å². The van der Waals surface area contributed by atoms with Crippen molar-refractivity contribution in [1.29, 1.82) is 0 Å². The molecule has 0 radical (unpaired) electrons. The largest absolute Gasteiger partial charge is 0.493 e. The molecule has 112 valence electrons. The van der Waals surface area contributed by atoms with Crippen molar-refractivity contribution in [2.24, 2.45) is 5.73 Å². The maximum atomic E-state index is 6.08. The van der Waals surface area contributed by atoms with Gasteiger partial charge in [0.25, 0.3) is 0 Å². The molecule has 1 atom stereocenters. The molecule has 20 heavy (non-hydrogen) atoms. The number of rotatable bonds is 8. The first-order chi connectivity index (χ1) is 9.76. The first kappa shape index (κ1) is 15.1. The summed E-state index contributed by atoms with van der Waals surface area (Å²) in [4.78, 5) is 2.53. The Morgan fingerprint density at radius 1 is 1.30 bits per heavy atom. The first-order valence-corrected chi connectivity index (χ1v) is 7.43. The second-order valence-electron chi connectivity index (χ2n) is 5.30. The minimum absolute atomic E-state index is 0.201. The number of methoxy groups -OCH3 is 2. The Hall–Kier alpha value is -1.26. The molecule has 0 bridgehead atoms. The van der Waals surface area contributed by atoms with Crippen LogP contribution in [0.25, 0.3) is 0 Å². The summed E-state index contributed by atoms with van der Waals surface area (Å²) in [7, 11) is 3.36. The van der Waals surface area contributed by atoms with Gasteiger partial charge in [0.05, 0.1) is 20.3 Å². The van der Waals surface area contributed by atoms with E-state index in [0.29, 0.717) is 12.6 Å². The highest BCUT2D eigenvalue weighted by Crippen LogP contribution is 2.40. The molecule has 4 heteroatoms. The molecular formula is C16H26N2O2. The zero-order chi connectivity index (χ0) is 14.5. The second kappa shape index (κ2) is 6.95. The van der Waals surface area contributed by atoms with Crippen LogP contribution >= 0.6 is 0 Å². The van der Waals surface area contributed by atoms with Gasteiger partial charge in [0, 0.05) is 18.2 Å². The van der Waals surface area contributed by atoms with Crippen LogP contribution in [0, 0.1) is 0 Å². The summed E-state index contributed by atoms with van der Waals surface area (Å²) in [6.07, 6.45) is 3.70. The molecule has 0 heterocycles. The smallest absolute Gasteiger partial charge is 0.165 e. The fourth-order valence-corrected chi connectivity index (χ4v) is 2.87. The predicted octanol–water partition coefficient (Wildman–Crippen LogP) is 2.58. The van der Waals surface area contributed by atoms with Crippen molar-refractivity contribution in [3.05, 3.63) is 23.8 Å². The third kappa shape index (κ3) is 3.07. The van der Waals surface area contributed by atoms with E-state index in [1.807, 2.05) is 12.1 Å². The Morgan fingerprint density at radius 3 is 2.55 bits per heavy atom. The van der Waals surface area contributed by atoms with Gasteiger partial charge < -0.3 is 15.2 Å². The van der Waals surface area contributed by atoms with Crippen LogP contribution in [0.5, 0.6) is 11.5 Å². The standard InChI is InChI=1S/C16H26N2O2/c1-4-10-18(12-8-9-12)14(11-17)13-6-5-7-15(19-2)16(13)20-3/h5-7,12,14H,4,8-11,17H2,1-3H3. The van der Waals surface area contributed by atoms with E-state index in [9.17, 15) is 0 Å². The highest BCUT2D eigenvalue weighted by Gasteiger charge is 2.34. The summed E-state index contributed by atoms with van der Waals surface area (Å²) < 4.78 is 11.0. The van der Waals surface area contributed by atoms with Gasteiger partial charge in [-0.05, 0) is 31.9 Å². The third-order valence-corrected chi connectivity index (χ3v) is 3.91. The van der Waals surface area contributed by atoms with Gasteiger partial charge >= 0.3 is 0 Å². The molecule has 1 aromatic carbocycles. The van der Waals surface area contributed by atoms with Crippen LogP contribution in [-0.4, -0.2) is 38.3 Å². The van der Waals surface area contributed by atoms with Crippen LogP contribution < -0.4 is 15.2 Å². The lowest BCUT2D eigenvalue weighted by Crippen LogP contribution is -2.36. The molecule has 0 spiro atoms. The molecule has 0 saturated heterocycles. The van der Waals surface area contributed by atoms with Crippen LogP contribution in [0.1, 0.15) is 37.8 Å². The lowest BCUT2D eigenvalue weighted by Gasteiger charge is -2.32. The monoisotopic (exact) mass is 278 g/mol. The van der Waals surface area contributed by atoms with E-state index >= 15 is 0 Å². The molecule has 1 aliphatic rings. The van der Waals surface area contributed by atoms with E-state index in [-0.39, 0.29) is 6.04 Å². The Bertz CT molecular complexity index is 432. The number of ether oxygens (including phenoxy) is 2. The highest BCUT2D eigenvalue weighted by molar-refractivity contribution is 5.48. The van der Waals surface area contributed by atoms with Crippen molar-refractivity contribution in [3.63, 3.8) is 0 Å². The molecule has 1 fully saturated rings. The third-order valence-electron chi connectivity index (χ3n) is 3.91. The van der Waals surface area contributed by atoms with E-state index in [1.54, 1.807) is 14.2 Å². The molecule has 4 nitrogen and oxygen atoms in total. The number of benzene rings is 1. The van der Waals surface area contributed by atoms with Crippen LogP contribution in [0.3, 0.4) is 0 Å². The number of para-hydroxylation sites is 1. The van der Waals surface area contributed by atoms with Crippen LogP contribution in [-0.2, 0) is 0 Å². The van der Waals surface area contributed by atoms with Crippen LogP contribution in [0.15, 0.2) is 18.2 Å². The summed E-state index contributed by atoms with van der Waals surface area (Å²) in [6.45, 7) is 3.89. The van der Waals surface area contributed by atoms with Gasteiger partial charge in [0.15, 0.2) is 11.5 Å². The van der Waals surface area contributed by atoms with Gasteiger partial charge in [-0.1, -0.05) is 19.1 Å². The SMILES string of the molecule is CCCN(C1CC1)C(CN)c1cccc(OC)c1OC. The Kier molecular flexibility index (Phi) is 5.26. The molecule has 2 rings (SSSR count). The van der Waals surface area contributed by atoms with E-state index in [0.717, 1.165) is 30.0 Å². The first-order valence-electron chi connectivity index (χ1n) is 7.43. The minimum Gasteiger partial charge on any atom is -0.493 e. The van der Waals surface area contributed by atoms with Gasteiger partial charge in [-0.2, -0.15) is 0 Å². The van der Waals surface area contributed by atoms with Crippen molar-refractivity contribution < 1.29 is 9.47 Å². The fourth-order valence-electron chi connectivity index (χ4n) is 2.87. The predicted molar refractivity (Wildman–Crippen MR) is 81.4 cm³/mol. The molecule has 1 aromatic rings. The van der Waals surface area contributed by atoms with E-state index in [2.05, 4.69) is 17.9 Å². The Morgan fingerprint density at radius 2 is 2.05 bits per heavy atom. The van der Waals surface area contributed by atoms with E-state index in [1.165, 1.54) is 12.8 Å². The average molecular weight is 278 g/mol. The van der Waals surface area contributed by atoms with Gasteiger partial charge in [-0.15, -0.1) is 0 Å². The summed E-state index contributed by atoms with van der Waals surface area (Å²) >= 11 is 0. The summed E-state index contributed by atoms with van der Waals surface area (Å²) in [5.41, 5.74) is 7.21. The Labute approximate surface area is 121 Å². The topological polar surface area (TPSA) is 47.7 Å². The Balaban J connectivity index is 2.34. The number of hydrogen-bond donors (Lipinski definition) is 1. The molecule has 0 aliphatic heterocycles. The molecule has 1 unspecified atom stereocenters. The van der Waals surface area contributed by atoms with Crippen molar-refractivity contribution in [2.75, 3.05) is 27.3 Å². The molecule has 1 saturated carbocycles. The zero-order valence-electron chi connectivity index (χ0n) is 12.8. The number of nitrogens with two attached hydrogens (primary N) is 1. The van der Waals surface area contributed by atoms with Crippen LogP contribution in [0.4, 0.5) is 0 Å². The number of hydrogen-bond acceptors (Lipinski definition) is 4. The van der Waals surface area contributed by atoms with Gasteiger partial charge in [0.2, 0.25) is 0 Å². The van der Waals surface area contributed by atoms with Gasteiger partial charge in [-0.25, -0.2) is 0 Å². The second-order valence-corrected chi connectivity index (χ2v) is 5.30. The zero-order valence-corrected chi connectivity index (χ0v) is 12.8. The maximum Gasteiger partial charge on any atom is 0.165 e. The summed E-state index contributed by atoms with van der Waals surface area (Å²) in [5, 5.41) is 0. The minimum atomic E-state index is 0.201. The van der Waals surface area contributed by atoms with Crippen molar-refractivity contribution >= 4 is 0 Å². The van der Waals surface area contributed by atoms with Crippen molar-refractivity contribution in [2.45, 2.75) is 38.3 Å². The average Bonchev–Trinajstić information content (AvgIpc) is 3.31. The lowest BCUT2D eigenvalue weighted by molar-refractivity contribution is 0.187. The maximum absolute atomic E-state index is 6.08. The van der Waals surface area contributed by atoms with E-state index in [4.69, 9.17) is 15.2 Å². The quantitative estimate of drug-likeness (QED) is 0.794. The molecule has 1 aliphatic carbocycles. The lowest BCUT2D eigenvalue weighted by atomic mass is 10.0. The molecule has 0 aromatic heterocycles. The highest BCUT2D eigenvalue weighted by atomic mass is 16.5. The van der Waals surface area contributed by atoms with Crippen molar-refractivity contribution in [3.8, 4) is 11.5 Å². The fraction of sp³-hybridized carbons (Fsp3) is 0.625. The number of nitrogens with zero attached hydrogens (tertiary/aromatic N) is 1. The molecule has 0 amide bonds.